The largest absolute Gasteiger partial charge is 0.477 e. The number of aromatic nitrogens is 1. The monoisotopic (exact) mass is 295 g/mol. The number of hydrogen-bond acceptors (Lipinski definition) is 2. The Balaban J connectivity index is 2.88. The third-order valence-corrected chi connectivity index (χ3v) is 3.00. The predicted octanol–water partition coefficient (Wildman–Crippen LogP) is 3.02. The zero-order chi connectivity index (χ0) is 15.9. The highest BCUT2D eigenvalue weighted by Crippen LogP contribution is 2.22. The van der Waals surface area contributed by atoms with Crippen molar-refractivity contribution in [1.82, 2.24) is 4.57 Å². The van der Waals surface area contributed by atoms with Crippen LogP contribution in [0.1, 0.15) is 31.1 Å². The first-order valence-corrected chi connectivity index (χ1v) is 6.35. The maximum absolute atomic E-state index is 13.4. The van der Waals surface area contributed by atoms with Gasteiger partial charge in [-0.2, -0.15) is 0 Å². The van der Waals surface area contributed by atoms with Crippen LogP contribution in [0.2, 0.25) is 0 Å². The second-order valence-electron chi connectivity index (χ2n) is 6.15. The highest BCUT2D eigenvalue weighted by Gasteiger charge is 2.19. The van der Waals surface area contributed by atoms with Crippen molar-refractivity contribution in [1.29, 1.82) is 0 Å². The number of rotatable bonds is 2. The molecule has 0 fully saturated rings. The van der Waals surface area contributed by atoms with E-state index < -0.39 is 28.6 Å². The van der Waals surface area contributed by atoms with Gasteiger partial charge in [0, 0.05) is 24.2 Å². The number of carboxylic acids is 1. The fraction of sp³-hybridized carbons (Fsp3) is 0.333. The Hall–Kier alpha value is -2.24. The molecule has 6 heteroatoms. The van der Waals surface area contributed by atoms with Crippen molar-refractivity contribution < 1.29 is 18.7 Å². The minimum atomic E-state index is -1.39. The van der Waals surface area contributed by atoms with Crippen LogP contribution in [0.3, 0.4) is 0 Å². The van der Waals surface area contributed by atoms with Crippen molar-refractivity contribution in [2.24, 2.45) is 5.41 Å². The van der Waals surface area contributed by atoms with Gasteiger partial charge in [-0.15, -0.1) is 0 Å². The van der Waals surface area contributed by atoms with Gasteiger partial charge in [0.15, 0.2) is 11.6 Å². The number of nitrogens with zero attached hydrogens (tertiary/aromatic N) is 1. The number of halogens is 2. The summed E-state index contributed by atoms with van der Waals surface area (Å²) in [4.78, 5) is 23.2. The lowest BCUT2D eigenvalue weighted by atomic mass is 9.96. The fourth-order valence-electron chi connectivity index (χ4n) is 2.18. The van der Waals surface area contributed by atoms with E-state index in [-0.39, 0.29) is 16.3 Å². The summed E-state index contributed by atoms with van der Waals surface area (Å²) in [5, 5.41) is 8.95. The smallest absolute Gasteiger partial charge is 0.341 e. The first-order chi connectivity index (χ1) is 9.60. The zero-order valence-corrected chi connectivity index (χ0v) is 11.9. The Morgan fingerprint density at radius 3 is 2.33 bits per heavy atom. The normalized spacial score (nSPS) is 11.9. The van der Waals surface area contributed by atoms with E-state index in [9.17, 15) is 18.4 Å². The molecule has 1 heterocycles. The van der Waals surface area contributed by atoms with E-state index in [2.05, 4.69) is 0 Å². The molecule has 4 nitrogen and oxygen atoms in total. The van der Waals surface area contributed by atoms with Crippen molar-refractivity contribution in [3.63, 3.8) is 0 Å². The summed E-state index contributed by atoms with van der Waals surface area (Å²) in [6, 6.07) is 1.67. The summed E-state index contributed by atoms with van der Waals surface area (Å²) in [6.07, 6.45) is 1.18. The van der Waals surface area contributed by atoms with Crippen LogP contribution in [0.25, 0.3) is 10.9 Å². The standard InChI is InChI=1S/C15H15F2NO3/c1-15(2,3)7-18-6-9(14(20)21)13(19)8-4-10(16)11(17)5-12(8)18/h4-6H,7H2,1-3H3,(H,20,21). The molecule has 21 heavy (non-hydrogen) atoms. The minimum Gasteiger partial charge on any atom is -0.477 e. The predicted molar refractivity (Wildman–Crippen MR) is 74.5 cm³/mol. The van der Waals surface area contributed by atoms with E-state index in [0.717, 1.165) is 12.1 Å². The van der Waals surface area contributed by atoms with E-state index in [1.807, 2.05) is 20.8 Å². The summed E-state index contributed by atoms with van der Waals surface area (Å²) >= 11 is 0. The molecule has 0 atom stereocenters. The molecule has 2 aromatic rings. The molecule has 2 rings (SSSR count). The van der Waals surface area contributed by atoms with Crippen molar-refractivity contribution in [3.05, 3.63) is 45.8 Å². The molecule has 0 bridgehead atoms. The van der Waals surface area contributed by atoms with E-state index in [1.165, 1.54) is 10.8 Å². The van der Waals surface area contributed by atoms with E-state index in [4.69, 9.17) is 5.11 Å². The molecule has 0 aliphatic heterocycles. The second kappa shape index (κ2) is 4.95. The van der Waals surface area contributed by atoms with Crippen LogP contribution >= 0.6 is 0 Å². The number of fused-ring (bicyclic) bond motifs is 1. The van der Waals surface area contributed by atoms with Crippen LogP contribution in [-0.4, -0.2) is 15.6 Å². The van der Waals surface area contributed by atoms with Gasteiger partial charge < -0.3 is 9.67 Å². The van der Waals surface area contributed by atoms with Gasteiger partial charge in [-0.3, -0.25) is 4.79 Å². The van der Waals surface area contributed by atoms with Gasteiger partial charge in [0.2, 0.25) is 5.43 Å². The highest BCUT2D eigenvalue weighted by atomic mass is 19.2. The molecule has 0 unspecified atom stereocenters. The van der Waals surface area contributed by atoms with Gasteiger partial charge >= 0.3 is 5.97 Å². The lowest BCUT2D eigenvalue weighted by Gasteiger charge is -2.22. The number of carbonyl (C=O) groups is 1. The molecular formula is C15H15F2NO3. The first kappa shape index (κ1) is 15.2. The molecule has 112 valence electrons. The average Bonchev–Trinajstić information content (AvgIpc) is 2.33. The quantitative estimate of drug-likeness (QED) is 0.926. The number of hydrogen-bond donors (Lipinski definition) is 1. The maximum atomic E-state index is 13.4. The zero-order valence-electron chi connectivity index (χ0n) is 11.9. The average molecular weight is 295 g/mol. The molecule has 1 aromatic heterocycles. The van der Waals surface area contributed by atoms with Gasteiger partial charge in [0.25, 0.3) is 0 Å². The van der Waals surface area contributed by atoms with Crippen LogP contribution in [0.4, 0.5) is 8.78 Å². The van der Waals surface area contributed by atoms with Crippen molar-refractivity contribution >= 4 is 16.9 Å². The Morgan fingerprint density at radius 1 is 1.24 bits per heavy atom. The van der Waals surface area contributed by atoms with Gasteiger partial charge in [-0.1, -0.05) is 20.8 Å². The van der Waals surface area contributed by atoms with E-state index in [0.29, 0.717) is 6.54 Å². The van der Waals surface area contributed by atoms with Gasteiger partial charge in [0.1, 0.15) is 5.56 Å². The summed E-state index contributed by atoms with van der Waals surface area (Å²) in [5.41, 5.74) is -1.33. The second-order valence-corrected chi connectivity index (χ2v) is 6.15. The van der Waals surface area contributed by atoms with Crippen LogP contribution in [0, 0.1) is 17.0 Å². The Kier molecular flexibility index (Phi) is 3.57. The third-order valence-electron chi connectivity index (χ3n) is 3.00. The van der Waals surface area contributed by atoms with Gasteiger partial charge in [-0.25, -0.2) is 13.6 Å². The number of aromatic carboxylic acids is 1. The molecule has 0 saturated heterocycles. The first-order valence-electron chi connectivity index (χ1n) is 6.35. The van der Waals surface area contributed by atoms with Crippen molar-refractivity contribution in [2.45, 2.75) is 27.3 Å². The van der Waals surface area contributed by atoms with Gasteiger partial charge in [0.05, 0.1) is 5.52 Å². The molecule has 0 saturated carbocycles. The van der Waals surface area contributed by atoms with Crippen LogP contribution < -0.4 is 5.43 Å². The Labute approximate surface area is 119 Å². The lowest BCUT2D eigenvalue weighted by molar-refractivity contribution is 0.0694. The Morgan fingerprint density at radius 2 is 1.81 bits per heavy atom. The molecule has 0 spiro atoms. The summed E-state index contributed by atoms with van der Waals surface area (Å²) in [5.74, 6) is -3.65. The number of carboxylic acid groups (broad SMARTS) is 1. The highest BCUT2D eigenvalue weighted by molar-refractivity contribution is 5.92. The Bertz CT molecular complexity index is 788. The lowest BCUT2D eigenvalue weighted by Crippen LogP contribution is -2.23. The van der Waals surface area contributed by atoms with Crippen LogP contribution in [0.5, 0.6) is 0 Å². The molecule has 1 N–H and O–H groups in total. The van der Waals surface area contributed by atoms with E-state index in [1.54, 1.807) is 0 Å². The van der Waals surface area contributed by atoms with Crippen molar-refractivity contribution in [2.75, 3.05) is 0 Å². The molecule has 0 aliphatic carbocycles. The molecule has 0 aliphatic rings. The molecule has 1 aromatic carbocycles. The number of pyridine rings is 1. The maximum Gasteiger partial charge on any atom is 0.341 e. The number of benzene rings is 1. The topological polar surface area (TPSA) is 59.3 Å². The van der Waals surface area contributed by atoms with Crippen molar-refractivity contribution in [3.8, 4) is 0 Å². The fourth-order valence-corrected chi connectivity index (χ4v) is 2.18. The molecule has 0 amide bonds. The van der Waals surface area contributed by atoms with Crippen LogP contribution in [0.15, 0.2) is 23.1 Å². The minimum absolute atomic E-state index is 0.141. The summed E-state index contributed by atoms with van der Waals surface area (Å²) < 4.78 is 28.3. The van der Waals surface area contributed by atoms with Crippen LogP contribution in [-0.2, 0) is 6.54 Å². The SMILES string of the molecule is CC(C)(C)Cn1cc(C(=O)O)c(=O)c2cc(F)c(F)cc21. The van der Waals surface area contributed by atoms with E-state index >= 15 is 0 Å². The summed E-state index contributed by atoms with van der Waals surface area (Å²) in [7, 11) is 0. The molecular weight excluding hydrogens is 280 g/mol. The third kappa shape index (κ3) is 2.94. The molecule has 0 radical (unpaired) electrons. The van der Waals surface area contributed by atoms with Gasteiger partial charge in [-0.05, 0) is 11.5 Å². The summed E-state index contributed by atoms with van der Waals surface area (Å²) in [6.45, 7) is 6.10.